The van der Waals surface area contributed by atoms with Gasteiger partial charge in [0.05, 0.1) is 11.5 Å². The van der Waals surface area contributed by atoms with E-state index in [2.05, 4.69) is 0 Å². The van der Waals surface area contributed by atoms with Crippen LogP contribution in [0.5, 0.6) is 0 Å². The highest BCUT2D eigenvalue weighted by Crippen LogP contribution is 2.28. The maximum Gasteiger partial charge on any atom is 0.151 e. The van der Waals surface area contributed by atoms with E-state index in [-0.39, 0.29) is 23.2 Å². The number of hydrogen-bond acceptors (Lipinski definition) is 3. The molecule has 1 aliphatic rings. The average molecular weight is 243 g/mol. The molecule has 3 nitrogen and oxygen atoms in total. The Balaban J connectivity index is 2.24. The number of halogens is 1. The third-order valence-electron chi connectivity index (χ3n) is 2.98. The van der Waals surface area contributed by atoms with Gasteiger partial charge in [-0.2, -0.15) is 0 Å². The zero-order valence-corrected chi connectivity index (χ0v) is 9.58. The summed E-state index contributed by atoms with van der Waals surface area (Å²) < 4.78 is 35.7. The summed E-state index contributed by atoms with van der Waals surface area (Å²) in [6, 6.07) is 5.80. The molecule has 1 saturated heterocycles. The Morgan fingerprint density at radius 1 is 1.38 bits per heavy atom. The highest BCUT2D eigenvalue weighted by molar-refractivity contribution is 7.91. The molecular formula is C11H14FNO2S. The van der Waals surface area contributed by atoms with Crippen molar-refractivity contribution in [2.75, 3.05) is 11.5 Å². The summed E-state index contributed by atoms with van der Waals surface area (Å²) in [5.74, 6) is -0.229. The van der Waals surface area contributed by atoms with Gasteiger partial charge in [0.1, 0.15) is 5.82 Å². The molecule has 2 unspecified atom stereocenters. The zero-order chi connectivity index (χ0) is 11.8. The van der Waals surface area contributed by atoms with Gasteiger partial charge < -0.3 is 5.73 Å². The Morgan fingerprint density at radius 3 is 2.75 bits per heavy atom. The van der Waals surface area contributed by atoms with Gasteiger partial charge in [-0.15, -0.1) is 0 Å². The summed E-state index contributed by atoms with van der Waals surface area (Å²) in [6.07, 6.45) is 0.479. The van der Waals surface area contributed by atoms with E-state index >= 15 is 0 Å². The minimum atomic E-state index is -3.00. The van der Waals surface area contributed by atoms with Crippen LogP contribution in [0.15, 0.2) is 24.3 Å². The number of nitrogens with two attached hydrogens (primary N) is 1. The Labute approximate surface area is 94.4 Å². The minimum Gasteiger partial charge on any atom is -0.326 e. The number of rotatable bonds is 1. The summed E-state index contributed by atoms with van der Waals surface area (Å²) in [5, 5.41) is 0. The molecule has 16 heavy (non-hydrogen) atoms. The lowest BCUT2D eigenvalue weighted by Gasteiger charge is -2.28. The molecular weight excluding hydrogens is 229 g/mol. The third kappa shape index (κ3) is 2.41. The van der Waals surface area contributed by atoms with E-state index in [9.17, 15) is 12.8 Å². The van der Waals surface area contributed by atoms with Gasteiger partial charge in [0.25, 0.3) is 0 Å². The van der Waals surface area contributed by atoms with Gasteiger partial charge >= 0.3 is 0 Å². The number of benzene rings is 1. The van der Waals surface area contributed by atoms with E-state index in [4.69, 9.17) is 5.73 Å². The zero-order valence-electron chi connectivity index (χ0n) is 8.77. The Hall–Kier alpha value is -0.940. The van der Waals surface area contributed by atoms with Crippen molar-refractivity contribution in [3.63, 3.8) is 0 Å². The first-order valence-corrected chi connectivity index (χ1v) is 7.01. The van der Waals surface area contributed by atoms with Crippen molar-refractivity contribution in [2.45, 2.75) is 18.4 Å². The van der Waals surface area contributed by atoms with Crippen molar-refractivity contribution < 1.29 is 12.8 Å². The Morgan fingerprint density at radius 2 is 2.12 bits per heavy atom. The van der Waals surface area contributed by atoms with Crippen LogP contribution in [0.25, 0.3) is 0 Å². The van der Waals surface area contributed by atoms with Crippen molar-refractivity contribution in [2.24, 2.45) is 5.73 Å². The van der Waals surface area contributed by atoms with Gasteiger partial charge in [0.15, 0.2) is 9.84 Å². The molecule has 0 bridgehead atoms. The first-order valence-electron chi connectivity index (χ1n) is 5.19. The molecule has 0 saturated carbocycles. The van der Waals surface area contributed by atoms with Gasteiger partial charge in [0.2, 0.25) is 0 Å². The van der Waals surface area contributed by atoms with Crippen LogP contribution in [0.2, 0.25) is 0 Å². The molecule has 1 aromatic rings. The summed E-state index contributed by atoms with van der Waals surface area (Å²) in [7, 11) is -3.00. The van der Waals surface area contributed by atoms with Gasteiger partial charge in [-0.3, -0.25) is 0 Å². The van der Waals surface area contributed by atoms with Crippen LogP contribution in [-0.4, -0.2) is 26.0 Å². The topological polar surface area (TPSA) is 60.2 Å². The second-order valence-corrected chi connectivity index (χ2v) is 6.46. The molecule has 1 fully saturated rings. The lowest BCUT2D eigenvalue weighted by Crippen LogP contribution is -2.41. The summed E-state index contributed by atoms with van der Waals surface area (Å²) in [4.78, 5) is 0. The third-order valence-corrected chi connectivity index (χ3v) is 4.73. The van der Waals surface area contributed by atoms with Crippen LogP contribution in [-0.2, 0) is 9.84 Å². The molecule has 0 amide bonds. The van der Waals surface area contributed by atoms with Crippen molar-refractivity contribution in [3.05, 3.63) is 35.6 Å². The lowest BCUT2D eigenvalue weighted by atomic mass is 9.90. The molecule has 1 aromatic carbocycles. The van der Waals surface area contributed by atoms with E-state index in [1.807, 2.05) is 0 Å². The van der Waals surface area contributed by atoms with Crippen LogP contribution >= 0.6 is 0 Å². The molecule has 88 valence electrons. The van der Waals surface area contributed by atoms with Crippen LogP contribution in [0, 0.1) is 5.82 Å². The molecule has 2 atom stereocenters. The largest absolute Gasteiger partial charge is 0.326 e. The lowest BCUT2D eigenvalue weighted by molar-refractivity contribution is 0.503. The number of hydrogen-bond donors (Lipinski definition) is 1. The van der Waals surface area contributed by atoms with E-state index < -0.39 is 15.9 Å². The minimum absolute atomic E-state index is 0.00577. The van der Waals surface area contributed by atoms with Crippen LogP contribution in [0.1, 0.15) is 17.9 Å². The summed E-state index contributed by atoms with van der Waals surface area (Å²) in [6.45, 7) is 0. The Kier molecular flexibility index (Phi) is 2.99. The monoisotopic (exact) mass is 243 g/mol. The highest BCUT2D eigenvalue weighted by atomic mass is 32.2. The van der Waals surface area contributed by atoms with E-state index in [0.29, 0.717) is 6.42 Å². The van der Waals surface area contributed by atoms with E-state index in [1.54, 1.807) is 12.1 Å². The molecule has 0 aromatic heterocycles. The molecule has 1 heterocycles. The van der Waals surface area contributed by atoms with Gasteiger partial charge in [-0.1, -0.05) is 12.1 Å². The summed E-state index contributed by atoms with van der Waals surface area (Å²) >= 11 is 0. The first-order chi connectivity index (χ1) is 7.48. The molecule has 0 spiro atoms. The van der Waals surface area contributed by atoms with E-state index in [1.165, 1.54) is 12.1 Å². The van der Waals surface area contributed by atoms with Crippen molar-refractivity contribution in [1.29, 1.82) is 0 Å². The smallest absolute Gasteiger partial charge is 0.151 e. The van der Waals surface area contributed by atoms with Crippen LogP contribution < -0.4 is 5.73 Å². The van der Waals surface area contributed by atoms with Gasteiger partial charge in [0, 0.05) is 12.0 Å². The first kappa shape index (κ1) is 11.5. The normalized spacial score (nSPS) is 28.9. The van der Waals surface area contributed by atoms with Crippen molar-refractivity contribution >= 4 is 9.84 Å². The van der Waals surface area contributed by atoms with Crippen molar-refractivity contribution in [1.82, 2.24) is 0 Å². The molecule has 0 aliphatic carbocycles. The van der Waals surface area contributed by atoms with Crippen LogP contribution in [0.3, 0.4) is 0 Å². The second-order valence-electron chi connectivity index (χ2n) is 4.23. The molecule has 0 radical (unpaired) electrons. The molecule has 2 N–H and O–H groups in total. The molecule has 1 aliphatic heterocycles. The van der Waals surface area contributed by atoms with Gasteiger partial charge in [-0.25, -0.2) is 12.8 Å². The summed E-state index contributed by atoms with van der Waals surface area (Å²) in [5.41, 5.74) is 6.63. The predicted octanol–water partition coefficient (Wildman–Crippen LogP) is 1.06. The second kappa shape index (κ2) is 4.14. The fraction of sp³-hybridized carbons (Fsp3) is 0.455. The Bertz CT molecular complexity index is 487. The number of sulfone groups is 1. The fourth-order valence-electron chi connectivity index (χ4n) is 2.16. The van der Waals surface area contributed by atoms with E-state index in [0.717, 1.165) is 5.56 Å². The molecule has 2 rings (SSSR count). The average Bonchev–Trinajstić information content (AvgIpc) is 2.15. The van der Waals surface area contributed by atoms with Crippen LogP contribution in [0.4, 0.5) is 4.39 Å². The fourth-order valence-corrected chi connectivity index (χ4v) is 3.76. The van der Waals surface area contributed by atoms with Crippen molar-refractivity contribution in [3.8, 4) is 0 Å². The maximum absolute atomic E-state index is 13.0. The molecule has 5 heteroatoms. The highest BCUT2D eigenvalue weighted by Gasteiger charge is 2.31. The predicted molar refractivity (Wildman–Crippen MR) is 60.4 cm³/mol. The SMILES string of the molecule is NC1CS(=O)(=O)CCC1c1cccc(F)c1. The quantitative estimate of drug-likeness (QED) is 0.802. The van der Waals surface area contributed by atoms with Gasteiger partial charge in [-0.05, 0) is 24.1 Å². The standard InChI is InChI=1S/C11H14FNO2S/c12-9-3-1-2-8(6-9)10-4-5-16(14,15)7-11(10)13/h1-3,6,10-11H,4-5,7,13H2. The maximum atomic E-state index is 13.0.